The number of hydrogen-bond acceptors (Lipinski definition) is 7. The summed E-state index contributed by atoms with van der Waals surface area (Å²) in [6, 6.07) is 18.7. The average Bonchev–Trinajstić information content (AvgIpc) is 3.59. The minimum Gasteiger partial charge on any atom is -0.495 e. The molecule has 2 saturated heterocycles. The Kier molecular flexibility index (Phi) is 7.66. The highest BCUT2D eigenvalue weighted by molar-refractivity contribution is 7.91. The van der Waals surface area contributed by atoms with Crippen molar-refractivity contribution in [2.24, 2.45) is 5.92 Å². The van der Waals surface area contributed by atoms with Crippen LogP contribution in [0.5, 0.6) is 5.75 Å². The van der Waals surface area contributed by atoms with Crippen molar-refractivity contribution in [3.8, 4) is 5.75 Å². The second-order valence-electron chi connectivity index (χ2n) is 9.82. The standard InChI is InChI=1S/C28H31N3O6S2/c1-19-16-25(27(33)34)38-28(19)39(35,36)31-17-21(20-8-4-3-5-9-20)22(18-31)26(32)30-14-12-29(13-15-30)23-10-6-7-11-24(23)37-2/h3-11,16,21-22H,12-15,17-18H2,1-2H3,(H,33,34). The Morgan fingerprint density at radius 2 is 1.64 bits per heavy atom. The molecule has 5 rings (SSSR count). The SMILES string of the molecule is COc1ccccc1N1CCN(C(=O)C2CN(S(=O)(=O)c3sc(C(=O)O)cc3C)CC2c2ccccc2)CC1. The van der Waals surface area contributed by atoms with Crippen molar-refractivity contribution >= 4 is 38.9 Å². The molecule has 2 aliphatic heterocycles. The molecule has 0 aliphatic carbocycles. The van der Waals surface area contributed by atoms with Crippen molar-refractivity contribution in [2.75, 3.05) is 51.3 Å². The lowest BCUT2D eigenvalue weighted by Gasteiger charge is -2.38. The third-order valence-electron chi connectivity index (χ3n) is 7.51. The summed E-state index contributed by atoms with van der Waals surface area (Å²) in [4.78, 5) is 29.4. The average molecular weight is 570 g/mol. The Balaban J connectivity index is 1.37. The number of anilines is 1. The van der Waals surface area contributed by atoms with Gasteiger partial charge in [-0.05, 0) is 36.2 Å². The number of methoxy groups -OCH3 is 1. The molecule has 9 nitrogen and oxygen atoms in total. The van der Waals surface area contributed by atoms with Gasteiger partial charge in [-0.1, -0.05) is 42.5 Å². The number of hydrogen-bond donors (Lipinski definition) is 1. The Morgan fingerprint density at radius 1 is 0.974 bits per heavy atom. The Morgan fingerprint density at radius 3 is 2.28 bits per heavy atom. The summed E-state index contributed by atoms with van der Waals surface area (Å²) < 4.78 is 34.2. The van der Waals surface area contributed by atoms with E-state index in [1.165, 1.54) is 10.4 Å². The zero-order chi connectivity index (χ0) is 27.7. The molecule has 0 bridgehead atoms. The van der Waals surface area contributed by atoms with Crippen molar-refractivity contribution in [2.45, 2.75) is 17.1 Å². The van der Waals surface area contributed by atoms with E-state index < -0.39 is 21.9 Å². The minimum absolute atomic E-state index is 0.0187. The van der Waals surface area contributed by atoms with Crippen LogP contribution in [-0.2, 0) is 14.8 Å². The molecule has 0 saturated carbocycles. The van der Waals surface area contributed by atoms with Crippen molar-refractivity contribution < 1.29 is 27.9 Å². The van der Waals surface area contributed by atoms with Crippen LogP contribution in [0, 0.1) is 12.8 Å². The number of piperazine rings is 1. The fraction of sp³-hybridized carbons (Fsp3) is 0.357. The Bertz CT molecular complexity index is 1470. The maximum Gasteiger partial charge on any atom is 0.345 e. The molecule has 1 aromatic heterocycles. The van der Waals surface area contributed by atoms with E-state index in [1.807, 2.05) is 59.5 Å². The first-order chi connectivity index (χ1) is 18.7. The summed E-state index contributed by atoms with van der Waals surface area (Å²) in [6.45, 7) is 4.13. The number of thiophene rings is 1. The Hall–Kier alpha value is -3.41. The molecule has 0 spiro atoms. The number of carboxylic acids is 1. The van der Waals surface area contributed by atoms with E-state index in [4.69, 9.17) is 4.74 Å². The molecule has 3 heterocycles. The van der Waals surface area contributed by atoms with Gasteiger partial charge < -0.3 is 19.6 Å². The highest BCUT2D eigenvalue weighted by Gasteiger charge is 2.46. The summed E-state index contributed by atoms with van der Waals surface area (Å²) in [6.07, 6.45) is 0. The summed E-state index contributed by atoms with van der Waals surface area (Å²) in [5.41, 5.74) is 2.30. The van der Waals surface area contributed by atoms with E-state index in [0.717, 1.165) is 28.3 Å². The lowest BCUT2D eigenvalue weighted by atomic mass is 9.88. The first kappa shape index (κ1) is 27.2. The minimum atomic E-state index is -3.98. The van der Waals surface area contributed by atoms with Gasteiger partial charge in [-0.25, -0.2) is 13.2 Å². The van der Waals surface area contributed by atoms with Gasteiger partial charge in [0.2, 0.25) is 5.91 Å². The van der Waals surface area contributed by atoms with E-state index in [9.17, 15) is 23.1 Å². The molecule has 2 atom stereocenters. The first-order valence-corrected chi connectivity index (χ1v) is 15.0. The molecular weight excluding hydrogens is 538 g/mol. The number of benzene rings is 2. The summed E-state index contributed by atoms with van der Waals surface area (Å²) in [5, 5.41) is 9.37. The molecule has 0 radical (unpaired) electrons. The number of ether oxygens (including phenoxy) is 1. The van der Waals surface area contributed by atoms with Crippen LogP contribution in [-0.4, -0.2) is 81.0 Å². The van der Waals surface area contributed by atoms with E-state index >= 15 is 0 Å². The Labute approximate surface area is 232 Å². The number of nitrogens with zero attached hydrogens (tertiary/aromatic N) is 3. The fourth-order valence-electron chi connectivity index (χ4n) is 5.49. The monoisotopic (exact) mass is 569 g/mol. The number of amides is 1. The van der Waals surface area contributed by atoms with E-state index in [1.54, 1.807) is 14.0 Å². The third kappa shape index (κ3) is 5.26. The van der Waals surface area contributed by atoms with Crippen LogP contribution in [0.15, 0.2) is 64.9 Å². The third-order valence-corrected chi connectivity index (χ3v) is 11.2. The molecule has 206 valence electrons. The number of para-hydroxylation sites is 2. The zero-order valence-electron chi connectivity index (χ0n) is 21.8. The quantitative estimate of drug-likeness (QED) is 0.464. The molecular formula is C28H31N3O6S2. The van der Waals surface area contributed by atoms with Gasteiger partial charge in [-0.3, -0.25) is 4.79 Å². The summed E-state index contributed by atoms with van der Waals surface area (Å²) in [5.74, 6) is -1.28. The predicted octanol–water partition coefficient (Wildman–Crippen LogP) is 3.52. The van der Waals surface area contributed by atoms with Gasteiger partial charge in [0.05, 0.1) is 18.7 Å². The fourth-order valence-corrected chi connectivity index (χ4v) is 8.65. The number of carboxylic acid groups (broad SMARTS) is 1. The van der Waals surface area contributed by atoms with Crippen LogP contribution in [0.1, 0.15) is 26.7 Å². The van der Waals surface area contributed by atoms with E-state index in [-0.39, 0.29) is 34.0 Å². The van der Waals surface area contributed by atoms with Gasteiger partial charge in [-0.15, -0.1) is 11.3 Å². The molecule has 2 aromatic carbocycles. The van der Waals surface area contributed by atoms with Crippen molar-refractivity contribution in [1.82, 2.24) is 9.21 Å². The van der Waals surface area contributed by atoms with Crippen molar-refractivity contribution in [3.63, 3.8) is 0 Å². The van der Waals surface area contributed by atoms with Crippen LogP contribution in [0.3, 0.4) is 0 Å². The lowest BCUT2D eigenvalue weighted by Crippen LogP contribution is -2.51. The highest BCUT2D eigenvalue weighted by Crippen LogP contribution is 2.39. The summed E-state index contributed by atoms with van der Waals surface area (Å²) in [7, 11) is -2.34. The lowest BCUT2D eigenvalue weighted by molar-refractivity contribution is -0.135. The first-order valence-electron chi connectivity index (χ1n) is 12.8. The van der Waals surface area contributed by atoms with Crippen LogP contribution >= 0.6 is 11.3 Å². The largest absolute Gasteiger partial charge is 0.495 e. The second-order valence-corrected chi connectivity index (χ2v) is 13.0. The van der Waals surface area contributed by atoms with E-state index in [2.05, 4.69) is 4.90 Å². The normalized spacial score (nSPS) is 20.3. The number of aromatic carboxylic acids is 1. The van der Waals surface area contributed by atoms with Gasteiger partial charge in [0.15, 0.2) is 0 Å². The zero-order valence-corrected chi connectivity index (χ0v) is 23.5. The maximum absolute atomic E-state index is 13.9. The topological polar surface area (TPSA) is 107 Å². The molecule has 39 heavy (non-hydrogen) atoms. The summed E-state index contributed by atoms with van der Waals surface area (Å²) >= 11 is 0.757. The molecule has 2 fully saturated rings. The van der Waals surface area contributed by atoms with Crippen molar-refractivity contribution in [1.29, 1.82) is 0 Å². The molecule has 11 heteroatoms. The number of aryl methyl sites for hydroxylation is 1. The number of sulfonamides is 1. The molecule has 1 N–H and O–H groups in total. The van der Waals surface area contributed by atoms with Crippen molar-refractivity contribution in [3.05, 3.63) is 76.7 Å². The predicted molar refractivity (Wildman–Crippen MR) is 149 cm³/mol. The van der Waals surface area contributed by atoms with Crippen LogP contribution in [0.2, 0.25) is 0 Å². The highest BCUT2D eigenvalue weighted by atomic mass is 32.2. The number of carbonyl (C=O) groups excluding carboxylic acids is 1. The van der Waals surface area contributed by atoms with Crippen LogP contribution in [0.25, 0.3) is 0 Å². The number of rotatable bonds is 7. The smallest absolute Gasteiger partial charge is 0.345 e. The molecule has 2 aliphatic rings. The van der Waals surface area contributed by atoms with Gasteiger partial charge in [0.25, 0.3) is 10.0 Å². The maximum atomic E-state index is 13.9. The van der Waals surface area contributed by atoms with Gasteiger partial charge >= 0.3 is 5.97 Å². The second kappa shape index (κ2) is 11.0. The van der Waals surface area contributed by atoms with Crippen LogP contribution < -0.4 is 9.64 Å². The van der Waals surface area contributed by atoms with Crippen LogP contribution in [0.4, 0.5) is 5.69 Å². The van der Waals surface area contributed by atoms with Gasteiger partial charge in [0.1, 0.15) is 14.8 Å². The van der Waals surface area contributed by atoms with Gasteiger partial charge in [0, 0.05) is 45.2 Å². The molecule has 1 amide bonds. The molecule has 2 unspecified atom stereocenters. The van der Waals surface area contributed by atoms with Gasteiger partial charge in [-0.2, -0.15) is 4.31 Å². The van der Waals surface area contributed by atoms with E-state index in [0.29, 0.717) is 31.7 Å². The molecule has 3 aromatic rings. The number of carbonyl (C=O) groups is 2.